The summed E-state index contributed by atoms with van der Waals surface area (Å²) in [5.74, 6) is -0.651. The SMILES string of the molecule is CNCc1cn(Sc2cncc(F)c2)c2cc(Nc3ccc(F)cc3C)cnc12. The van der Waals surface area contributed by atoms with E-state index in [4.69, 9.17) is 0 Å². The van der Waals surface area contributed by atoms with Crippen molar-refractivity contribution in [2.24, 2.45) is 0 Å². The Labute approximate surface area is 171 Å². The number of pyridine rings is 2. The number of hydrogen-bond donors (Lipinski definition) is 2. The summed E-state index contributed by atoms with van der Waals surface area (Å²) in [6.45, 7) is 2.50. The van der Waals surface area contributed by atoms with Crippen LogP contribution in [0.25, 0.3) is 11.0 Å². The summed E-state index contributed by atoms with van der Waals surface area (Å²) >= 11 is 1.37. The molecule has 0 saturated carbocycles. The molecular formula is C21H19F2N5S. The van der Waals surface area contributed by atoms with Crippen molar-refractivity contribution >= 4 is 34.4 Å². The van der Waals surface area contributed by atoms with Crippen molar-refractivity contribution in [2.45, 2.75) is 18.4 Å². The molecule has 148 valence electrons. The maximum atomic E-state index is 13.5. The van der Waals surface area contributed by atoms with Gasteiger partial charge in [0.25, 0.3) is 0 Å². The Morgan fingerprint density at radius 2 is 1.93 bits per heavy atom. The Morgan fingerprint density at radius 1 is 1.07 bits per heavy atom. The molecule has 2 N–H and O–H groups in total. The number of halogens is 2. The number of nitrogens with one attached hydrogen (secondary N) is 2. The van der Waals surface area contributed by atoms with Gasteiger partial charge in [-0.1, -0.05) is 0 Å². The van der Waals surface area contributed by atoms with E-state index in [0.717, 1.165) is 33.5 Å². The number of nitrogens with zero attached hydrogens (tertiary/aromatic N) is 3. The molecule has 3 aromatic heterocycles. The maximum absolute atomic E-state index is 13.5. The van der Waals surface area contributed by atoms with E-state index >= 15 is 0 Å². The van der Waals surface area contributed by atoms with Gasteiger partial charge in [0.15, 0.2) is 0 Å². The van der Waals surface area contributed by atoms with Crippen molar-refractivity contribution in [3.8, 4) is 0 Å². The van der Waals surface area contributed by atoms with Crippen molar-refractivity contribution in [1.29, 1.82) is 0 Å². The predicted octanol–water partition coefficient (Wildman–Crippen LogP) is 5.04. The normalized spacial score (nSPS) is 11.2. The minimum absolute atomic E-state index is 0.271. The lowest BCUT2D eigenvalue weighted by Gasteiger charge is -2.10. The molecule has 0 spiro atoms. The van der Waals surface area contributed by atoms with Crippen LogP contribution in [0.2, 0.25) is 0 Å². The van der Waals surface area contributed by atoms with Crippen LogP contribution in [0.5, 0.6) is 0 Å². The second-order valence-corrected chi connectivity index (χ2v) is 7.66. The van der Waals surface area contributed by atoms with Crippen molar-refractivity contribution in [3.63, 3.8) is 0 Å². The van der Waals surface area contributed by atoms with E-state index in [1.165, 1.54) is 36.3 Å². The number of hydrogen-bond acceptors (Lipinski definition) is 5. The van der Waals surface area contributed by atoms with Crippen LogP contribution in [0.1, 0.15) is 11.1 Å². The monoisotopic (exact) mass is 411 g/mol. The smallest absolute Gasteiger partial charge is 0.142 e. The van der Waals surface area contributed by atoms with Gasteiger partial charge in [0.05, 0.1) is 34.0 Å². The predicted molar refractivity (Wildman–Crippen MR) is 112 cm³/mol. The highest BCUT2D eigenvalue weighted by molar-refractivity contribution is 7.98. The lowest BCUT2D eigenvalue weighted by atomic mass is 10.2. The lowest BCUT2D eigenvalue weighted by Crippen LogP contribution is -2.04. The summed E-state index contributed by atoms with van der Waals surface area (Å²) in [6.07, 6.45) is 6.54. The Balaban J connectivity index is 1.73. The molecule has 3 heterocycles. The molecule has 1 aromatic carbocycles. The number of aromatic nitrogens is 3. The fourth-order valence-electron chi connectivity index (χ4n) is 3.08. The van der Waals surface area contributed by atoms with Crippen LogP contribution in [0, 0.1) is 18.6 Å². The number of aryl methyl sites for hydroxylation is 1. The molecule has 0 fully saturated rings. The number of rotatable bonds is 6. The first-order chi connectivity index (χ1) is 14.0. The maximum Gasteiger partial charge on any atom is 0.142 e. The van der Waals surface area contributed by atoms with Crippen LogP contribution in [0.3, 0.4) is 0 Å². The van der Waals surface area contributed by atoms with Crippen LogP contribution in [0.15, 0.2) is 60.0 Å². The molecule has 0 saturated heterocycles. The first-order valence-electron chi connectivity index (χ1n) is 9.00. The molecule has 4 aromatic rings. The number of benzene rings is 1. The Bertz CT molecular complexity index is 1180. The van der Waals surface area contributed by atoms with E-state index in [2.05, 4.69) is 20.6 Å². The molecule has 0 aliphatic rings. The highest BCUT2D eigenvalue weighted by Gasteiger charge is 2.13. The molecule has 29 heavy (non-hydrogen) atoms. The zero-order valence-electron chi connectivity index (χ0n) is 15.9. The summed E-state index contributed by atoms with van der Waals surface area (Å²) in [5.41, 5.74) is 5.16. The van der Waals surface area contributed by atoms with Gasteiger partial charge in [-0.25, -0.2) is 8.78 Å². The van der Waals surface area contributed by atoms with Crippen molar-refractivity contribution in [1.82, 2.24) is 19.3 Å². The van der Waals surface area contributed by atoms with Crippen LogP contribution < -0.4 is 10.6 Å². The van der Waals surface area contributed by atoms with E-state index < -0.39 is 0 Å². The Kier molecular flexibility index (Phi) is 5.46. The third-order valence-corrected chi connectivity index (χ3v) is 5.33. The molecule has 0 aliphatic heterocycles. The summed E-state index contributed by atoms with van der Waals surface area (Å²) in [5, 5.41) is 6.44. The molecule has 0 bridgehead atoms. The summed E-state index contributed by atoms with van der Waals surface area (Å²) < 4.78 is 28.9. The van der Waals surface area contributed by atoms with Crippen molar-refractivity contribution in [2.75, 3.05) is 12.4 Å². The van der Waals surface area contributed by atoms with Crippen LogP contribution >= 0.6 is 11.9 Å². The van der Waals surface area contributed by atoms with Gasteiger partial charge in [-0.3, -0.25) is 13.9 Å². The molecule has 8 heteroatoms. The van der Waals surface area contributed by atoms with Gasteiger partial charge < -0.3 is 10.6 Å². The summed E-state index contributed by atoms with van der Waals surface area (Å²) in [7, 11) is 1.88. The average Bonchev–Trinajstić information content (AvgIpc) is 3.01. The van der Waals surface area contributed by atoms with Crippen molar-refractivity contribution in [3.05, 3.63) is 77.9 Å². The van der Waals surface area contributed by atoms with Crippen LogP contribution in [-0.4, -0.2) is 21.0 Å². The van der Waals surface area contributed by atoms with E-state index in [-0.39, 0.29) is 11.6 Å². The van der Waals surface area contributed by atoms with E-state index in [0.29, 0.717) is 11.4 Å². The summed E-state index contributed by atoms with van der Waals surface area (Å²) in [4.78, 5) is 9.22. The van der Waals surface area contributed by atoms with Gasteiger partial charge in [-0.05, 0) is 61.8 Å². The largest absolute Gasteiger partial charge is 0.354 e. The topological polar surface area (TPSA) is 54.8 Å². The third kappa shape index (κ3) is 4.23. The van der Waals surface area contributed by atoms with Crippen LogP contribution in [0.4, 0.5) is 20.2 Å². The molecular weight excluding hydrogens is 392 g/mol. The molecule has 0 amide bonds. The van der Waals surface area contributed by atoms with E-state index in [1.54, 1.807) is 18.5 Å². The molecule has 4 rings (SSSR count). The van der Waals surface area contributed by atoms with Gasteiger partial charge in [0, 0.05) is 30.2 Å². The molecule has 0 radical (unpaired) electrons. The number of anilines is 2. The summed E-state index contributed by atoms with van der Waals surface area (Å²) in [6, 6.07) is 8.02. The van der Waals surface area contributed by atoms with Gasteiger partial charge >= 0.3 is 0 Å². The fraction of sp³-hybridized carbons (Fsp3) is 0.143. The Morgan fingerprint density at radius 3 is 2.69 bits per heavy atom. The quantitative estimate of drug-likeness (QED) is 0.466. The lowest BCUT2D eigenvalue weighted by molar-refractivity contribution is 0.617. The zero-order valence-corrected chi connectivity index (χ0v) is 16.7. The van der Waals surface area contributed by atoms with Gasteiger partial charge in [0.2, 0.25) is 0 Å². The molecule has 0 atom stereocenters. The second-order valence-electron chi connectivity index (χ2n) is 6.62. The average molecular weight is 411 g/mol. The van der Waals surface area contributed by atoms with Gasteiger partial charge in [-0.2, -0.15) is 0 Å². The van der Waals surface area contributed by atoms with E-state index in [9.17, 15) is 8.78 Å². The molecule has 5 nitrogen and oxygen atoms in total. The first-order valence-corrected chi connectivity index (χ1v) is 9.77. The number of fused-ring (bicyclic) bond motifs is 1. The first kappa shape index (κ1) is 19.4. The highest BCUT2D eigenvalue weighted by atomic mass is 32.2. The van der Waals surface area contributed by atoms with Gasteiger partial charge in [0.1, 0.15) is 11.6 Å². The molecule has 0 unspecified atom stereocenters. The molecule has 0 aliphatic carbocycles. The Hall–Kier alpha value is -2.97. The minimum Gasteiger partial charge on any atom is -0.354 e. The van der Waals surface area contributed by atoms with Crippen LogP contribution in [-0.2, 0) is 6.54 Å². The standard InChI is InChI=1S/C21H19F2N5S/c1-13-5-15(22)3-4-19(13)27-17-7-20-21(26-10-17)14(8-24-2)12-28(20)29-18-6-16(23)9-25-11-18/h3-7,9-12,24,27H,8H2,1-2H3. The minimum atomic E-state index is -0.380. The van der Waals surface area contributed by atoms with Gasteiger partial charge in [-0.15, -0.1) is 0 Å². The zero-order chi connectivity index (χ0) is 20.4. The van der Waals surface area contributed by atoms with E-state index in [1.807, 2.05) is 30.2 Å². The third-order valence-electron chi connectivity index (χ3n) is 4.40. The second kappa shape index (κ2) is 8.18. The fourth-order valence-corrected chi connectivity index (χ4v) is 4.00. The highest BCUT2D eigenvalue weighted by Crippen LogP contribution is 2.31. The van der Waals surface area contributed by atoms with Crippen molar-refractivity contribution < 1.29 is 8.78 Å².